The maximum absolute atomic E-state index is 12.8. The molecule has 4 nitrogen and oxygen atoms in total. The van der Waals surface area contributed by atoms with Gasteiger partial charge in [-0.25, -0.2) is 0 Å². The molecule has 0 saturated carbocycles. The van der Waals surface area contributed by atoms with Gasteiger partial charge in [0, 0.05) is 28.8 Å². The first-order valence-corrected chi connectivity index (χ1v) is 8.55. The van der Waals surface area contributed by atoms with Crippen molar-refractivity contribution in [3.05, 3.63) is 92.9 Å². The van der Waals surface area contributed by atoms with Crippen LogP contribution in [0.2, 0.25) is 0 Å². The number of anilines is 1. The van der Waals surface area contributed by atoms with Gasteiger partial charge in [0.2, 0.25) is 0 Å². The summed E-state index contributed by atoms with van der Waals surface area (Å²) < 4.78 is 1.94. The SMILES string of the molecule is Cc1cccc(NC(=O)c2c(C)n(-c3cccc(C)c3)c(C)cc2=O)c1. The monoisotopic (exact) mass is 346 g/mol. The quantitative estimate of drug-likeness (QED) is 0.768. The molecule has 0 bridgehead atoms. The van der Waals surface area contributed by atoms with Crippen molar-refractivity contribution in [3.63, 3.8) is 0 Å². The van der Waals surface area contributed by atoms with E-state index in [2.05, 4.69) is 5.32 Å². The van der Waals surface area contributed by atoms with Crippen molar-refractivity contribution in [1.82, 2.24) is 4.57 Å². The summed E-state index contributed by atoms with van der Waals surface area (Å²) in [6, 6.07) is 17.0. The van der Waals surface area contributed by atoms with E-state index in [1.807, 2.05) is 80.8 Å². The van der Waals surface area contributed by atoms with E-state index in [0.29, 0.717) is 11.4 Å². The molecule has 0 fully saturated rings. The third-order valence-corrected chi connectivity index (χ3v) is 4.40. The number of hydrogen-bond donors (Lipinski definition) is 1. The zero-order valence-electron chi connectivity index (χ0n) is 15.5. The van der Waals surface area contributed by atoms with Crippen LogP contribution in [0.25, 0.3) is 5.69 Å². The Morgan fingerprint density at radius 2 is 1.54 bits per heavy atom. The van der Waals surface area contributed by atoms with E-state index in [1.165, 1.54) is 6.07 Å². The molecular formula is C22H22N2O2. The van der Waals surface area contributed by atoms with Gasteiger partial charge in [0.1, 0.15) is 5.56 Å². The van der Waals surface area contributed by atoms with Gasteiger partial charge in [-0.15, -0.1) is 0 Å². The molecule has 0 spiro atoms. The summed E-state index contributed by atoms with van der Waals surface area (Å²) in [6.07, 6.45) is 0. The van der Waals surface area contributed by atoms with Gasteiger partial charge in [-0.2, -0.15) is 0 Å². The van der Waals surface area contributed by atoms with Gasteiger partial charge in [0.15, 0.2) is 5.43 Å². The average molecular weight is 346 g/mol. The van der Waals surface area contributed by atoms with Gasteiger partial charge in [-0.05, 0) is 63.1 Å². The number of nitrogens with one attached hydrogen (secondary N) is 1. The lowest BCUT2D eigenvalue weighted by atomic mass is 10.1. The lowest BCUT2D eigenvalue weighted by Gasteiger charge is -2.18. The first-order valence-electron chi connectivity index (χ1n) is 8.55. The summed E-state index contributed by atoms with van der Waals surface area (Å²) in [6.45, 7) is 7.65. The summed E-state index contributed by atoms with van der Waals surface area (Å²) in [5.41, 5.74) is 5.09. The van der Waals surface area contributed by atoms with Crippen molar-refractivity contribution in [2.75, 3.05) is 5.32 Å². The van der Waals surface area contributed by atoms with Crippen LogP contribution in [0.3, 0.4) is 0 Å². The molecule has 1 amide bonds. The van der Waals surface area contributed by atoms with Crippen LogP contribution in [0.5, 0.6) is 0 Å². The Morgan fingerprint density at radius 3 is 2.19 bits per heavy atom. The third kappa shape index (κ3) is 3.45. The van der Waals surface area contributed by atoms with Crippen LogP contribution in [0.15, 0.2) is 59.4 Å². The van der Waals surface area contributed by atoms with Crippen molar-refractivity contribution in [2.45, 2.75) is 27.7 Å². The molecule has 1 heterocycles. The summed E-state index contributed by atoms with van der Waals surface area (Å²) in [5, 5.41) is 2.84. The van der Waals surface area contributed by atoms with Crippen molar-refractivity contribution in [1.29, 1.82) is 0 Å². The second-order valence-electron chi connectivity index (χ2n) is 6.61. The Labute approximate surface area is 153 Å². The van der Waals surface area contributed by atoms with Gasteiger partial charge in [0.05, 0.1) is 0 Å². The Morgan fingerprint density at radius 1 is 0.885 bits per heavy atom. The van der Waals surface area contributed by atoms with E-state index in [0.717, 1.165) is 22.5 Å². The van der Waals surface area contributed by atoms with Gasteiger partial charge in [-0.1, -0.05) is 24.3 Å². The largest absolute Gasteiger partial charge is 0.322 e. The predicted molar refractivity (Wildman–Crippen MR) is 105 cm³/mol. The first-order chi connectivity index (χ1) is 12.4. The highest BCUT2D eigenvalue weighted by Gasteiger charge is 2.18. The number of rotatable bonds is 3. The topological polar surface area (TPSA) is 51.1 Å². The number of nitrogens with zero attached hydrogens (tertiary/aromatic N) is 1. The maximum Gasteiger partial charge on any atom is 0.261 e. The highest BCUT2D eigenvalue weighted by molar-refractivity contribution is 6.05. The average Bonchev–Trinajstić information content (AvgIpc) is 2.54. The summed E-state index contributed by atoms with van der Waals surface area (Å²) >= 11 is 0. The lowest BCUT2D eigenvalue weighted by molar-refractivity contribution is 0.102. The minimum atomic E-state index is -0.389. The number of carbonyl (C=O) groups excluding carboxylic acids is 1. The number of pyridine rings is 1. The number of aryl methyl sites for hydroxylation is 3. The van der Waals surface area contributed by atoms with Crippen LogP contribution in [-0.2, 0) is 0 Å². The molecule has 0 atom stereocenters. The first kappa shape index (κ1) is 17.7. The van der Waals surface area contributed by atoms with Gasteiger partial charge in [-0.3, -0.25) is 9.59 Å². The van der Waals surface area contributed by atoms with E-state index in [9.17, 15) is 9.59 Å². The van der Waals surface area contributed by atoms with Crippen LogP contribution >= 0.6 is 0 Å². The summed E-state index contributed by atoms with van der Waals surface area (Å²) in [5.74, 6) is -0.389. The molecule has 1 aromatic heterocycles. The highest BCUT2D eigenvalue weighted by Crippen LogP contribution is 2.18. The molecular weight excluding hydrogens is 324 g/mol. The molecule has 3 rings (SSSR count). The Bertz CT molecular complexity index is 1050. The molecule has 0 radical (unpaired) electrons. The highest BCUT2D eigenvalue weighted by atomic mass is 16.2. The number of aromatic nitrogens is 1. The molecule has 0 aliphatic carbocycles. The van der Waals surface area contributed by atoms with Crippen molar-refractivity contribution in [3.8, 4) is 5.69 Å². The van der Waals surface area contributed by atoms with Crippen molar-refractivity contribution in [2.24, 2.45) is 0 Å². The fourth-order valence-electron chi connectivity index (χ4n) is 3.24. The lowest BCUT2D eigenvalue weighted by Crippen LogP contribution is -2.26. The van der Waals surface area contributed by atoms with E-state index < -0.39 is 0 Å². The van der Waals surface area contributed by atoms with Crippen LogP contribution in [0.1, 0.15) is 32.9 Å². The smallest absolute Gasteiger partial charge is 0.261 e. The van der Waals surface area contributed by atoms with Crippen LogP contribution in [0, 0.1) is 27.7 Å². The second kappa shape index (κ2) is 7.00. The predicted octanol–water partition coefficient (Wildman–Crippen LogP) is 4.32. The van der Waals surface area contributed by atoms with E-state index >= 15 is 0 Å². The minimum absolute atomic E-state index is 0.165. The van der Waals surface area contributed by atoms with Gasteiger partial charge < -0.3 is 9.88 Å². The second-order valence-corrected chi connectivity index (χ2v) is 6.61. The summed E-state index contributed by atoms with van der Waals surface area (Å²) in [7, 11) is 0. The van der Waals surface area contributed by atoms with E-state index in [1.54, 1.807) is 0 Å². The molecule has 0 saturated heterocycles. The van der Waals surface area contributed by atoms with Crippen molar-refractivity contribution < 1.29 is 4.79 Å². The minimum Gasteiger partial charge on any atom is -0.322 e. The Balaban J connectivity index is 2.09. The molecule has 0 aliphatic rings. The van der Waals surface area contributed by atoms with Crippen molar-refractivity contribution >= 4 is 11.6 Å². The van der Waals surface area contributed by atoms with Crippen LogP contribution < -0.4 is 10.7 Å². The summed E-state index contributed by atoms with van der Waals surface area (Å²) in [4.78, 5) is 25.3. The van der Waals surface area contributed by atoms with E-state index in [4.69, 9.17) is 0 Å². The normalized spacial score (nSPS) is 10.6. The van der Waals surface area contributed by atoms with Crippen LogP contribution in [-0.4, -0.2) is 10.5 Å². The molecule has 0 unspecified atom stereocenters. The maximum atomic E-state index is 12.8. The molecule has 4 heteroatoms. The number of hydrogen-bond acceptors (Lipinski definition) is 2. The standard InChI is InChI=1S/C22H22N2O2/c1-14-7-5-9-18(11-14)23-22(26)21-17(4)24(16(3)13-20(21)25)19-10-6-8-15(2)12-19/h5-13H,1-4H3,(H,23,26). The Hall–Kier alpha value is -3.14. The molecule has 26 heavy (non-hydrogen) atoms. The number of carbonyl (C=O) groups is 1. The van der Waals surface area contributed by atoms with E-state index in [-0.39, 0.29) is 16.9 Å². The Kier molecular flexibility index (Phi) is 4.76. The molecule has 0 aliphatic heterocycles. The van der Waals surface area contributed by atoms with Gasteiger partial charge in [0.25, 0.3) is 5.91 Å². The molecule has 132 valence electrons. The fraction of sp³-hybridized carbons (Fsp3) is 0.182. The van der Waals surface area contributed by atoms with Gasteiger partial charge >= 0.3 is 0 Å². The molecule has 3 aromatic rings. The fourth-order valence-corrected chi connectivity index (χ4v) is 3.24. The van der Waals surface area contributed by atoms with Crippen LogP contribution in [0.4, 0.5) is 5.69 Å². The number of benzene rings is 2. The molecule has 1 N–H and O–H groups in total. The number of amides is 1. The molecule has 2 aromatic carbocycles. The zero-order valence-corrected chi connectivity index (χ0v) is 15.5. The third-order valence-electron chi connectivity index (χ3n) is 4.40. The zero-order chi connectivity index (χ0) is 18.8.